The summed E-state index contributed by atoms with van der Waals surface area (Å²) in [5.41, 5.74) is 0.184. The molecular formula is C16H12Cl2N6O4S. The molecular weight excluding hydrogens is 443 g/mol. The molecule has 10 nitrogen and oxygen atoms in total. The highest BCUT2D eigenvalue weighted by Gasteiger charge is 2.18. The summed E-state index contributed by atoms with van der Waals surface area (Å²) >= 11 is 13.0. The van der Waals surface area contributed by atoms with E-state index in [1.807, 2.05) is 0 Å². The summed E-state index contributed by atoms with van der Waals surface area (Å²) in [7, 11) is 0. The van der Waals surface area contributed by atoms with Crippen molar-refractivity contribution in [2.24, 2.45) is 0 Å². The number of anilines is 1. The number of nitrogens with two attached hydrogens (primary N) is 1. The van der Waals surface area contributed by atoms with Crippen LogP contribution in [-0.4, -0.2) is 36.6 Å². The van der Waals surface area contributed by atoms with Gasteiger partial charge in [-0.1, -0.05) is 35.0 Å². The number of aromatic hydroxyl groups is 1. The molecule has 0 saturated carbocycles. The van der Waals surface area contributed by atoms with Gasteiger partial charge in [0, 0.05) is 22.3 Å². The Kier molecular flexibility index (Phi) is 6.11. The van der Waals surface area contributed by atoms with Crippen LogP contribution >= 0.6 is 35.0 Å². The number of nitro benzene ring substituents is 1. The van der Waals surface area contributed by atoms with Crippen LogP contribution in [0.3, 0.4) is 0 Å². The van der Waals surface area contributed by atoms with E-state index in [9.17, 15) is 20.0 Å². The Hall–Kier alpha value is -3.02. The van der Waals surface area contributed by atoms with Crippen LogP contribution in [0.25, 0.3) is 11.4 Å². The average molecular weight is 455 g/mol. The largest absolute Gasteiger partial charge is 0.502 e. The summed E-state index contributed by atoms with van der Waals surface area (Å²) in [4.78, 5) is 22.2. The van der Waals surface area contributed by atoms with E-state index in [1.54, 1.807) is 18.2 Å². The van der Waals surface area contributed by atoms with Gasteiger partial charge in [-0.2, -0.15) is 0 Å². The fourth-order valence-electron chi connectivity index (χ4n) is 2.30. The molecule has 0 bridgehead atoms. The number of hydrogen-bond donors (Lipinski definition) is 3. The van der Waals surface area contributed by atoms with E-state index in [-0.39, 0.29) is 16.6 Å². The molecule has 1 amide bonds. The summed E-state index contributed by atoms with van der Waals surface area (Å²) in [6.45, 7) is 0. The third-order valence-electron chi connectivity index (χ3n) is 3.62. The van der Waals surface area contributed by atoms with Crippen molar-refractivity contribution < 1.29 is 14.8 Å². The average Bonchev–Trinajstić information content (AvgIpc) is 3.02. The van der Waals surface area contributed by atoms with Crippen molar-refractivity contribution >= 4 is 52.2 Å². The third-order valence-corrected chi connectivity index (χ3v) is 5.12. The quantitative estimate of drug-likeness (QED) is 0.169. The number of phenols is 1. The van der Waals surface area contributed by atoms with Crippen LogP contribution in [0.4, 0.5) is 11.4 Å². The Morgan fingerprint density at radius 2 is 2.03 bits per heavy atom. The van der Waals surface area contributed by atoms with Crippen LogP contribution in [0.15, 0.2) is 41.6 Å². The molecule has 150 valence electrons. The molecule has 13 heteroatoms. The fourth-order valence-corrected chi connectivity index (χ4v) is 3.45. The first-order chi connectivity index (χ1) is 13.8. The molecule has 0 spiro atoms. The summed E-state index contributed by atoms with van der Waals surface area (Å²) in [5, 5.41) is 31.8. The lowest BCUT2D eigenvalue weighted by Gasteiger charge is -2.07. The highest BCUT2D eigenvalue weighted by Crippen LogP contribution is 2.31. The molecule has 0 aliphatic rings. The number of carbonyl (C=O) groups excluding carboxylic acids is 1. The highest BCUT2D eigenvalue weighted by molar-refractivity contribution is 7.99. The predicted molar refractivity (Wildman–Crippen MR) is 110 cm³/mol. The number of amides is 1. The van der Waals surface area contributed by atoms with Gasteiger partial charge in [-0.25, -0.2) is 4.68 Å². The maximum absolute atomic E-state index is 12.1. The molecule has 0 fully saturated rings. The second-order valence-corrected chi connectivity index (χ2v) is 7.38. The minimum Gasteiger partial charge on any atom is -0.502 e. The molecule has 2 aromatic carbocycles. The van der Waals surface area contributed by atoms with Crippen molar-refractivity contribution in [3.8, 4) is 17.1 Å². The van der Waals surface area contributed by atoms with Gasteiger partial charge in [0.15, 0.2) is 11.6 Å². The van der Waals surface area contributed by atoms with Crippen molar-refractivity contribution in [3.05, 3.63) is 56.6 Å². The van der Waals surface area contributed by atoms with Gasteiger partial charge in [0.2, 0.25) is 11.1 Å². The van der Waals surface area contributed by atoms with Crippen LogP contribution < -0.4 is 11.2 Å². The maximum atomic E-state index is 12.1. The van der Waals surface area contributed by atoms with Crippen molar-refractivity contribution in [3.63, 3.8) is 0 Å². The van der Waals surface area contributed by atoms with Gasteiger partial charge >= 0.3 is 5.69 Å². The number of nitrogen functional groups attached to an aromatic ring is 1. The van der Waals surface area contributed by atoms with Crippen LogP contribution in [0.1, 0.15) is 0 Å². The van der Waals surface area contributed by atoms with E-state index in [4.69, 9.17) is 29.0 Å². The van der Waals surface area contributed by atoms with Gasteiger partial charge in [-0.05, 0) is 30.3 Å². The van der Waals surface area contributed by atoms with Crippen molar-refractivity contribution in [2.75, 3.05) is 16.9 Å². The summed E-state index contributed by atoms with van der Waals surface area (Å²) in [6.07, 6.45) is 0. The van der Waals surface area contributed by atoms with Gasteiger partial charge in [0.1, 0.15) is 0 Å². The highest BCUT2D eigenvalue weighted by atomic mass is 35.5. The van der Waals surface area contributed by atoms with E-state index >= 15 is 0 Å². The molecule has 4 N–H and O–H groups in total. The van der Waals surface area contributed by atoms with Gasteiger partial charge < -0.3 is 16.3 Å². The molecule has 0 aliphatic carbocycles. The Labute approximate surface area is 177 Å². The van der Waals surface area contributed by atoms with E-state index in [0.29, 0.717) is 21.4 Å². The Balaban J connectivity index is 1.68. The first-order valence-corrected chi connectivity index (χ1v) is 9.56. The number of benzene rings is 2. The minimum absolute atomic E-state index is 0.0850. The number of nitrogens with one attached hydrogen (secondary N) is 1. The monoisotopic (exact) mass is 454 g/mol. The number of nitro groups is 1. The Bertz CT molecular complexity index is 1110. The van der Waals surface area contributed by atoms with Gasteiger partial charge in [0.05, 0.1) is 15.7 Å². The lowest BCUT2D eigenvalue weighted by Crippen LogP contribution is -2.16. The zero-order chi connectivity index (χ0) is 21.1. The van der Waals surface area contributed by atoms with Crippen molar-refractivity contribution in [1.29, 1.82) is 0 Å². The van der Waals surface area contributed by atoms with E-state index < -0.39 is 22.3 Å². The number of phenolic OH excluding ortho intramolecular Hbond substituents is 1. The number of nitrogens with zero attached hydrogens (tertiary/aromatic N) is 4. The second-order valence-electron chi connectivity index (χ2n) is 5.60. The van der Waals surface area contributed by atoms with Gasteiger partial charge in [-0.15, -0.1) is 10.2 Å². The van der Waals surface area contributed by atoms with Crippen LogP contribution in [0, 0.1) is 10.1 Å². The van der Waals surface area contributed by atoms with Crippen LogP contribution in [0.2, 0.25) is 10.0 Å². The Morgan fingerprint density at radius 3 is 2.72 bits per heavy atom. The fraction of sp³-hybridized carbons (Fsp3) is 0.0625. The lowest BCUT2D eigenvalue weighted by atomic mass is 10.2. The van der Waals surface area contributed by atoms with Crippen molar-refractivity contribution in [2.45, 2.75) is 5.16 Å². The molecule has 3 aromatic rings. The smallest absolute Gasteiger partial charge is 0.312 e. The SMILES string of the molecule is Nn1c(SCC(=O)Nc2ccc(O)c([N+](=O)[O-])c2)nnc1-c1ccc(Cl)cc1Cl. The second kappa shape index (κ2) is 8.55. The third kappa shape index (κ3) is 4.70. The van der Waals surface area contributed by atoms with Crippen LogP contribution in [-0.2, 0) is 4.79 Å². The summed E-state index contributed by atoms with van der Waals surface area (Å²) in [5.74, 6) is 5.26. The topological polar surface area (TPSA) is 149 Å². The molecule has 3 rings (SSSR count). The molecule has 29 heavy (non-hydrogen) atoms. The normalized spacial score (nSPS) is 10.7. The summed E-state index contributed by atoms with van der Waals surface area (Å²) < 4.78 is 1.19. The zero-order valence-electron chi connectivity index (χ0n) is 14.4. The van der Waals surface area contributed by atoms with E-state index in [2.05, 4.69) is 15.5 Å². The number of thioether (sulfide) groups is 1. The number of rotatable bonds is 6. The molecule has 0 saturated heterocycles. The van der Waals surface area contributed by atoms with Crippen LogP contribution in [0.5, 0.6) is 5.75 Å². The molecule has 1 aromatic heterocycles. The Morgan fingerprint density at radius 1 is 1.28 bits per heavy atom. The molecule has 0 atom stereocenters. The first-order valence-electron chi connectivity index (χ1n) is 7.82. The maximum Gasteiger partial charge on any atom is 0.312 e. The lowest BCUT2D eigenvalue weighted by molar-refractivity contribution is -0.385. The molecule has 1 heterocycles. The number of carbonyl (C=O) groups is 1. The van der Waals surface area contributed by atoms with Crippen molar-refractivity contribution in [1.82, 2.24) is 14.9 Å². The predicted octanol–water partition coefficient (Wildman–Crippen LogP) is 3.31. The standard InChI is InChI=1S/C16H12Cl2N6O4S/c17-8-1-3-10(11(18)5-8)15-21-22-16(23(15)19)29-7-14(26)20-9-2-4-13(25)12(6-9)24(27)28/h1-6,25H,7,19H2,(H,20,26). The zero-order valence-corrected chi connectivity index (χ0v) is 16.7. The number of aromatic nitrogens is 3. The molecule has 0 unspecified atom stereocenters. The summed E-state index contributed by atoms with van der Waals surface area (Å²) in [6, 6.07) is 8.36. The number of hydrogen-bond acceptors (Lipinski definition) is 8. The molecule has 0 aliphatic heterocycles. The minimum atomic E-state index is -0.750. The first kappa shape index (κ1) is 20.7. The van der Waals surface area contributed by atoms with E-state index in [0.717, 1.165) is 23.9 Å². The van der Waals surface area contributed by atoms with Gasteiger partial charge in [0.25, 0.3) is 0 Å². The molecule has 0 radical (unpaired) electrons. The number of halogens is 2. The van der Waals surface area contributed by atoms with E-state index in [1.165, 1.54) is 10.7 Å². The van der Waals surface area contributed by atoms with Gasteiger partial charge in [-0.3, -0.25) is 14.9 Å².